The second-order valence-corrected chi connectivity index (χ2v) is 3.80. The predicted molar refractivity (Wildman–Crippen MR) is 66.8 cm³/mol. The van der Waals surface area contributed by atoms with Gasteiger partial charge in [0.05, 0.1) is 12.2 Å². The first-order valence-electron chi connectivity index (χ1n) is 5.37. The molecule has 0 aliphatic carbocycles. The molecule has 0 saturated heterocycles. The number of hydrogen-bond donors (Lipinski definition) is 1. The summed E-state index contributed by atoms with van der Waals surface area (Å²) >= 11 is 5.96. The maximum atomic E-state index is 11.6. The Kier molecular flexibility index (Phi) is 5.19. The molecule has 0 radical (unpaired) electrons. The van der Waals surface area contributed by atoms with Gasteiger partial charge in [-0.2, -0.15) is 0 Å². The zero-order chi connectivity index (χ0) is 12.8. The molecule has 3 nitrogen and oxygen atoms in total. The highest BCUT2D eigenvalue weighted by molar-refractivity contribution is 6.31. The number of allylic oxidation sites excluding steroid dienone is 1. The van der Waals surface area contributed by atoms with Crippen molar-refractivity contribution in [2.45, 2.75) is 20.0 Å². The number of hydrogen-bond acceptors (Lipinski definition) is 3. The Morgan fingerprint density at radius 1 is 1.53 bits per heavy atom. The Hall–Kier alpha value is -1.32. The van der Waals surface area contributed by atoms with Gasteiger partial charge in [-0.25, -0.2) is 4.79 Å². The van der Waals surface area contributed by atoms with Crippen LogP contribution in [0.2, 0.25) is 5.02 Å². The summed E-state index contributed by atoms with van der Waals surface area (Å²) in [7, 11) is 0. The van der Waals surface area contributed by atoms with E-state index in [2.05, 4.69) is 0 Å². The van der Waals surface area contributed by atoms with E-state index in [1.807, 2.05) is 0 Å². The summed E-state index contributed by atoms with van der Waals surface area (Å²) in [5.41, 5.74) is 0.690. The van der Waals surface area contributed by atoms with E-state index in [4.69, 9.17) is 16.3 Å². The fraction of sp³-hybridized carbons (Fsp3) is 0.308. The Balaban J connectivity index is 2.99. The largest absolute Gasteiger partial charge is 0.463 e. The third-order valence-electron chi connectivity index (χ3n) is 2.32. The van der Waals surface area contributed by atoms with Crippen molar-refractivity contribution in [1.29, 1.82) is 0 Å². The number of halogens is 1. The number of ether oxygens (including phenoxy) is 1. The first-order chi connectivity index (χ1) is 8.11. The summed E-state index contributed by atoms with van der Waals surface area (Å²) in [4.78, 5) is 11.6. The molecule has 0 amide bonds. The quantitative estimate of drug-likeness (QED) is 0.664. The maximum absolute atomic E-state index is 11.6. The standard InChI is InChI=1S/C13H15ClO3/c1-3-9(13(16)17-4-2)12(15)10-7-5-6-8-11(10)14/h3,5-8,12,15H,4H2,1-2H3/b9-3+. The lowest BCUT2D eigenvalue weighted by Crippen LogP contribution is -2.14. The Morgan fingerprint density at radius 2 is 2.18 bits per heavy atom. The van der Waals surface area contributed by atoms with Gasteiger partial charge in [0.1, 0.15) is 6.10 Å². The van der Waals surface area contributed by atoms with Crippen molar-refractivity contribution in [2.75, 3.05) is 6.61 Å². The molecule has 1 aromatic rings. The van der Waals surface area contributed by atoms with E-state index in [1.54, 1.807) is 38.1 Å². The minimum Gasteiger partial charge on any atom is -0.463 e. The molecule has 0 aliphatic rings. The zero-order valence-corrected chi connectivity index (χ0v) is 10.6. The van der Waals surface area contributed by atoms with Crippen LogP contribution in [-0.2, 0) is 9.53 Å². The fourth-order valence-electron chi connectivity index (χ4n) is 1.47. The van der Waals surface area contributed by atoms with Crippen molar-refractivity contribution in [1.82, 2.24) is 0 Å². The molecule has 92 valence electrons. The van der Waals surface area contributed by atoms with Gasteiger partial charge in [0.2, 0.25) is 0 Å². The molecule has 0 heterocycles. The van der Waals surface area contributed by atoms with Crippen molar-refractivity contribution >= 4 is 17.6 Å². The monoisotopic (exact) mass is 254 g/mol. The summed E-state index contributed by atoms with van der Waals surface area (Å²) in [6.07, 6.45) is 0.471. The summed E-state index contributed by atoms with van der Waals surface area (Å²) < 4.78 is 4.87. The van der Waals surface area contributed by atoms with Crippen LogP contribution in [0.5, 0.6) is 0 Å². The molecule has 0 aromatic heterocycles. The SMILES string of the molecule is C/C=C(/C(=O)OCC)C(O)c1ccccc1Cl. The van der Waals surface area contributed by atoms with E-state index in [-0.39, 0.29) is 12.2 Å². The maximum Gasteiger partial charge on any atom is 0.336 e. The second kappa shape index (κ2) is 6.42. The normalized spacial score (nSPS) is 13.3. The van der Waals surface area contributed by atoms with Crippen LogP contribution in [0.15, 0.2) is 35.9 Å². The number of rotatable bonds is 4. The molecular formula is C13H15ClO3. The molecule has 0 bridgehead atoms. The van der Waals surface area contributed by atoms with E-state index in [0.717, 1.165) is 0 Å². The average molecular weight is 255 g/mol. The van der Waals surface area contributed by atoms with Gasteiger partial charge < -0.3 is 9.84 Å². The highest BCUT2D eigenvalue weighted by atomic mass is 35.5. The van der Waals surface area contributed by atoms with E-state index >= 15 is 0 Å². The van der Waals surface area contributed by atoms with Crippen molar-refractivity contribution in [3.05, 3.63) is 46.5 Å². The van der Waals surface area contributed by atoms with Crippen molar-refractivity contribution < 1.29 is 14.6 Å². The fourth-order valence-corrected chi connectivity index (χ4v) is 1.71. The first-order valence-corrected chi connectivity index (χ1v) is 5.75. The molecule has 0 spiro atoms. The van der Waals surface area contributed by atoms with Gasteiger partial charge in [0.15, 0.2) is 0 Å². The molecule has 17 heavy (non-hydrogen) atoms. The van der Waals surface area contributed by atoms with Crippen LogP contribution in [0.4, 0.5) is 0 Å². The van der Waals surface area contributed by atoms with E-state index < -0.39 is 12.1 Å². The topological polar surface area (TPSA) is 46.5 Å². The smallest absolute Gasteiger partial charge is 0.336 e. The van der Waals surface area contributed by atoms with Gasteiger partial charge >= 0.3 is 5.97 Å². The number of carbonyl (C=O) groups is 1. The highest BCUT2D eigenvalue weighted by Crippen LogP contribution is 2.28. The molecule has 4 heteroatoms. The molecular weight excluding hydrogens is 240 g/mol. The highest BCUT2D eigenvalue weighted by Gasteiger charge is 2.22. The lowest BCUT2D eigenvalue weighted by Gasteiger charge is -2.15. The zero-order valence-electron chi connectivity index (χ0n) is 9.81. The lowest BCUT2D eigenvalue weighted by molar-refractivity contribution is -0.139. The summed E-state index contributed by atoms with van der Waals surface area (Å²) in [5.74, 6) is -0.526. The van der Waals surface area contributed by atoms with E-state index in [0.29, 0.717) is 10.6 Å². The number of esters is 1. The summed E-state index contributed by atoms with van der Waals surface area (Å²) in [5, 5.41) is 10.5. The van der Waals surface area contributed by atoms with Gasteiger partial charge in [-0.15, -0.1) is 0 Å². The molecule has 0 saturated carbocycles. The van der Waals surface area contributed by atoms with Gasteiger partial charge in [-0.3, -0.25) is 0 Å². The average Bonchev–Trinajstić information content (AvgIpc) is 2.30. The van der Waals surface area contributed by atoms with Gasteiger partial charge in [-0.1, -0.05) is 35.9 Å². The molecule has 1 atom stereocenters. The van der Waals surface area contributed by atoms with Crippen molar-refractivity contribution in [2.24, 2.45) is 0 Å². The van der Waals surface area contributed by atoms with E-state index in [1.165, 1.54) is 6.08 Å². The van der Waals surface area contributed by atoms with E-state index in [9.17, 15) is 9.90 Å². The molecule has 1 N–H and O–H groups in total. The summed E-state index contributed by atoms with van der Waals surface area (Å²) in [6.45, 7) is 3.66. The Labute approximate surface area is 106 Å². The minimum absolute atomic E-state index is 0.194. The molecule has 1 rings (SSSR count). The van der Waals surface area contributed by atoms with Gasteiger partial charge in [-0.05, 0) is 19.9 Å². The van der Waals surface area contributed by atoms with Gasteiger partial charge in [0, 0.05) is 10.6 Å². The molecule has 1 unspecified atom stereocenters. The van der Waals surface area contributed by atoms with Gasteiger partial charge in [0.25, 0.3) is 0 Å². The Morgan fingerprint density at radius 3 is 2.71 bits per heavy atom. The molecule has 0 fully saturated rings. The third kappa shape index (κ3) is 3.32. The van der Waals surface area contributed by atoms with Crippen LogP contribution in [0.25, 0.3) is 0 Å². The van der Waals surface area contributed by atoms with Crippen LogP contribution in [0.3, 0.4) is 0 Å². The minimum atomic E-state index is -1.06. The Bertz CT molecular complexity index is 426. The molecule has 1 aromatic carbocycles. The predicted octanol–water partition coefficient (Wildman–Crippen LogP) is 2.88. The van der Waals surface area contributed by atoms with Crippen molar-refractivity contribution in [3.8, 4) is 0 Å². The number of aliphatic hydroxyl groups excluding tert-OH is 1. The lowest BCUT2D eigenvalue weighted by atomic mass is 10.0. The third-order valence-corrected chi connectivity index (χ3v) is 2.66. The molecule has 0 aliphatic heterocycles. The van der Waals surface area contributed by atoms with Crippen LogP contribution < -0.4 is 0 Å². The number of carbonyl (C=O) groups excluding carboxylic acids is 1. The van der Waals surface area contributed by atoms with Crippen LogP contribution in [0, 0.1) is 0 Å². The number of benzene rings is 1. The first kappa shape index (κ1) is 13.7. The van der Waals surface area contributed by atoms with Crippen LogP contribution >= 0.6 is 11.6 Å². The summed E-state index contributed by atoms with van der Waals surface area (Å²) in [6, 6.07) is 6.86. The van der Waals surface area contributed by atoms with Crippen LogP contribution in [0.1, 0.15) is 25.5 Å². The number of aliphatic hydroxyl groups is 1. The second-order valence-electron chi connectivity index (χ2n) is 3.39. The van der Waals surface area contributed by atoms with Crippen LogP contribution in [-0.4, -0.2) is 17.7 Å². The van der Waals surface area contributed by atoms with Crippen molar-refractivity contribution in [3.63, 3.8) is 0 Å².